The largest absolute Gasteiger partial charge is 0.361 e. The number of nitrogens with one attached hydrogen (secondary N) is 3. The van der Waals surface area contributed by atoms with Crippen LogP contribution in [-0.4, -0.2) is 46.3 Å². The molecule has 0 unspecified atom stereocenters. The zero-order valence-corrected chi connectivity index (χ0v) is 17.7. The molecule has 10 nitrogen and oxygen atoms in total. The summed E-state index contributed by atoms with van der Waals surface area (Å²) < 4.78 is 1.49. The van der Waals surface area contributed by atoms with Crippen LogP contribution >= 0.6 is 11.3 Å². The maximum atomic E-state index is 13.0. The molecule has 0 aliphatic heterocycles. The minimum atomic E-state index is -0.297. The van der Waals surface area contributed by atoms with Crippen LogP contribution in [0.25, 0.3) is 15.9 Å². The Hall–Kier alpha value is -3.86. The Balaban J connectivity index is 1.31. The number of para-hydroxylation sites is 1. The van der Waals surface area contributed by atoms with E-state index in [0.717, 1.165) is 22.4 Å². The van der Waals surface area contributed by atoms with Crippen LogP contribution in [0.1, 0.15) is 32.2 Å². The average Bonchev–Trinajstić information content (AvgIpc) is 3.55. The molecule has 0 fully saturated rings. The molecule has 0 aliphatic rings. The summed E-state index contributed by atoms with van der Waals surface area (Å²) in [6, 6.07) is 8.19. The number of H-pyrrole nitrogens is 2. The smallest absolute Gasteiger partial charge is 0.261 e. The Morgan fingerprint density at radius 3 is 2.94 bits per heavy atom. The molecule has 0 bridgehead atoms. The number of aryl methyl sites for hydroxylation is 3. The van der Waals surface area contributed by atoms with Crippen LogP contribution in [0, 0.1) is 13.8 Å². The summed E-state index contributed by atoms with van der Waals surface area (Å²) >= 11 is 1.46. The molecule has 5 rings (SSSR count). The molecule has 4 aromatic heterocycles. The highest BCUT2D eigenvalue weighted by Gasteiger charge is 2.22. The summed E-state index contributed by atoms with van der Waals surface area (Å²) in [5, 5.41) is 22.9. The van der Waals surface area contributed by atoms with Crippen molar-refractivity contribution < 1.29 is 4.79 Å². The summed E-state index contributed by atoms with van der Waals surface area (Å²) in [7, 11) is 0. The number of carbonyl (C=O) groups is 1. The van der Waals surface area contributed by atoms with Gasteiger partial charge in [-0.15, -0.1) is 21.5 Å². The molecule has 4 heterocycles. The van der Waals surface area contributed by atoms with Gasteiger partial charge in [0.1, 0.15) is 17.2 Å². The molecule has 11 heteroatoms. The molecule has 0 saturated carbocycles. The number of thiophene rings is 1. The van der Waals surface area contributed by atoms with Crippen molar-refractivity contribution in [2.75, 3.05) is 5.32 Å². The fourth-order valence-corrected chi connectivity index (χ4v) is 4.58. The summed E-state index contributed by atoms with van der Waals surface area (Å²) in [6.45, 7) is 3.86. The van der Waals surface area contributed by atoms with Gasteiger partial charge in [0.05, 0.1) is 5.56 Å². The van der Waals surface area contributed by atoms with Crippen molar-refractivity contribution in [1.82, 2.24) is 40.4 Å². The zero-order chi connectivity index (χ0) is 21.4. The maximum absolute atomic E-state index is 13.0. The zero-order valence-electron chi connectivity index (χ0n) is 16.9. The molecule has 3 N–H and O–H groups in total. The molecule has 0 aliphatic carbocycles. The van der Waals surface area contributed by atoms with Crippen molar-refractivity contribution in [1.29, 1.82) is 0 Å². The fourth-order valence-electron chi connectivity index (χ4n) is 3.51. The third kappa shape index (κ3) is 3.59. The molecule has 0 spiro atoms. The lowest BCUT2D eigenvalue weighted by Crippen LogP contribution is -2.16. The van der Waals surface area contributed by atoms with Gasteiger partial charge >= 0.3 is 0 Å². The van der Waals surface area contributed by atoms with E-state index in [9.17, 15) is 4.79 Å². The van der Waals surface area contributed by atoms with E-state index in [2.05, 4.69) is 53.1 Å². The van der Waals surface area contributed by atoms with Gasteiger partial charge in [0.2, 0.25) is 5.95 Å². The Kier molecular flexibility index (Phi) is 4.79. The minimum Gasteiger partial charge on any atom is -0.361 e. The highest BCUT2D eigenvalue weighted by molar-refractivity contribution is 7.15. The molecule has 0 atom stereocenters. The number of aromatic amines is 2. The van der Waals surface area contributed by atoms with E-state index < -0.39 is 0 Å². The lowest BCUT2D eigenvalue weighted by Gasteiger charge is -2.04. The SMILES string of the molecule is Cc1sc(-n2cnnn2)c(C(=O)Nc2n[nH]c(CCc3c[nH]c4ccccc34)n2)c1C. The van der Waals surface area contributed by atoms with Gasteiger partial charge in [0, 0.05) is 28.4 Å². The van der Waals surface area contributed by atoms with E-state index in [-0.39, 0.29) is 11.9 Å². The number of anilines is 1. The number of benzene rings is 1. The predicted molar refractivity (Wildman–Crippen MR) is 117 cm³/mol. The van der Waals surface area contributed by atoms with Crippen LogP contribution in [0.15, 0.2) is 36.8 Å². The van der Waals surface area contributed by atoms with Crippen molar-refractivity contribution in [2.45, 2.75) is 26.7 Å². The Bertz CT molecular complexity index is 1360. The predicted octanol–water partition coefficient (Wildman–Crippen LogP) is 2.98. The van der Waals surface area contributed by atoms with Gasteiger partial charge < -0.3 is 4.98 Å². The second-order valence-corrected chi connectivity index (χ2v) is 8.34. The number of fused-ring (bicyclic) bond motifs is 1. The second-order valence-electron chi connectivity index (χ2n) is 7.14. The minimum absolute atomic E-state index is 0.241. The third-order valence-corrected chi connectivity index (χ3v) is 6.41. The first-order valence-corrected chi connectivity index (χ1v) is 10.5. The van der Waals surface area contributed by atoms with Gasteiger partial charge in [-0.2, -0.15) is 9.67 Å². The van der Waals surface area contributed by atoms with Crippen molar-refractivity contribution in [3.63, 3.8) is 0 Å². The van der Waals surface area contributed by atoms with Gasteiger partial charge in [0.25, 0.3) is 5.91 Å². The molecule has 5 aromatic rings. The first-order chi connectivity index (χ1) is 15.1. The van der Waals surface area contributed by atoms with Gasteiger partial charge in [-0.05, 0) is 47.9 Å². The molecule has 31 heavy (non-hydrogen) atoms. The highest BCUT2D eigenvalue weighted by atomic mass is 32.1. The van der Waals surface area contributed by atoms with Crippen LogP contribution in [-0.2, 0) is 12.8 Å². The van der Waals surface area contributed by atoms with Crippen molar-refractivity contribution in [2.24, 2.45) is 0 Å². The van der Waals surface area contributed by atoms with Gasteiger partial charge in [-0.25, -0.2) is 0 Å². The topological polar surface area (TPSA) is 130 Å². The van der Waals surface area contributed by atoms with E-state index in [1.165, 1.54) is 33.3 Å². The molecule has 1 aromatic carbocycles. The summed E-state index contributed by atoms with van der Waals surface area (Å²) in [5.41, 5.74) is 3.72. The molecule has 1 amide bonds. The summed E-state index contributed by atoms with van der Waals surface area (Å²) in [5.74, 6) is 0.652. The average molecular weight is 434 g/mol. The van der Waals surface area contributed by atoms with E-state index in [1.54, 1.807) is 0 Å². The fraction of sp³-hybridized carbons (Fsp3) is 0.200. The lowest BCUT2D eigenvalue weighted by atomic mass is 10.1. The second kappa shape index (κ2) is 7.76. The van der Waals surface area contributed by atoms with E-state index in [1.807, 2.05) is 32.2 Å². The quantitative estimate of drug-likeness (QED) is 0.377. The number of aromatic nitrogens is 8. The van der Waals surface area contributed by atoms with Gasteiger partial charge in [-0.1, -0.05) is 18.2 Å². The van der Waals surface area contributed by atoms with Crippen LogP contribution < -0.4 is 5.32 Å². The highest BCUT2D eigenvalue weighted by Crippen LogP contribution is 2.30. The normalized spacial score (nSPS) is 11.3. The van der Waals surface area contributed by atoms with Crippen molar-refractivity contribution in [3.8, 4) is 5.00 Å². The maximum Gasteiger partial charge on any atom is 0.261 e. The number of hydrogen-bond acceptors (Lipinski definition) is 7. The standard InChI is InChI=1S/C20H19N9OS/c1-11-12(2)31-19(29-10-22-27-28-29)17(11)18(30)24-20-23-16(25-26-20)8-7-13-9-21-15-6-4-3-5-14(13)15/h3-6,9-10,21H,7-8H2,1-2H3,(H2,23,24,25,26,30). The first kappa shape index (κ1) is 19.1. The van der Waals surface area contributed by atoms with Crippen LogP contribution in [0.3, 0.4) is 0 Å². The molecule has 0 saturated heterocycles. The van der Waals surface area contributed by atoms with Crippen LogP contribution in [0.4, 0.5) is 5.95 Å². The first-order valence-electron chi connectivity index (χ1n) is 9.71. The number of carbonyl (C=O) groups excluding carboxylic acids is 1. The van der Waals surface area contributed by atoms with E-state index in [4.69, 9.17) is 0 Å². The number of amides is 1. The van der Waals surface area contributed by atoms with Crippen molar-refractivity contribution >= 4 is 34.1 Å². The lowest BCUT2D eigenvalue weighted by molar-refractivity contribution is 0.102. The molecule has 0 radical (unpaired) electrons. The van der Waals surface area contributed by atoms with Crippen molar-refractivity contribution in [3.05, 3.63) is 64.2 Å². The number of tetrazole rings is 1. The van der Waals surface area contributed by atoms with Gasteiger partial charge in [-0.3, -0.25) is 15.2 Å². The summed E-state index contributed by atoms with van der Waals surface area (Å²) in [4.78, 5) is 21.7. The Morgan fingerprint density at radius 1 is 1.23 bits per heavy atom. The molecular formula is C20H19N9OS. The summed E-state index contributed by atoms with van der Waals surface area (Å²) in [6.07, 6.45) is 4.97. The third-order valence-electron chi connectivity index (χ3n) is 5.21. The van der Waals surface area contributed by atoms with Gasteiger partial charge in [0.15, 0.2) is 0 Å². The Labute approximate surface area is 180 Å². The number of nitrogens with zero attached hydrogens (tertiary/aromatic N) is 6. The molecular weight excluding hydrogens is 414 g/mol. The van der Waals surface area contributed by atoms with Crippen LogP contribution in [0.2, 0.25) is 0 Å². The monoisotopic (exact) mass is 433 g/mol. The van der Waals surface area contributed by atoms with E-state index in [0.29, 0.717) is 22.8 Å². The molecule has 156 valence electrons. The Morgan fingerprint density at radius 2 is 2.10 bits per heavy atom. The van der Waals surface area contributed by atoms with Crippen LogP contribution in [0.5, 0.6) is 0 Å². The van der Waals surface area contributed by atoms with E-state index >= 15 is 0 Å². The number of rotatable bonds is 6. The number of hydrogen-bond donors (Lipinski definition) is 3.